The molecular formula is C27H26ClN5O4S2. The number of hydrogen-bond acceptors (Lipinski definition) is 8. The Hall–Kier alpha value is -3.41. The summed E-state index contributed by atoms with van der Waals surface area (Å²) in [5, 5.41) is 0.548. The van der Waals surface area contributed by atoms with Crippen molar-refractivity contribution >= 4 is 69.4 Å². The molecule has 0 radical (unpaired) electrons. The van der Waals surface area contributed by atoms with Gasteiger partial charge in [-0.05, 0) is 43.2 Å². The van der Waals surface area contributed by atoms with E-state index in [1.165, 1.54) is 9.30 Å². The Morgan fingerprint density at radius 2 is 1.90 bits per heavy atom. The van der Waals surface area contributed by atoms with Gasteiger partial charge in [-0.25, -0.2) is 9.78 Å². The van der Waals surface area contributed by atoms with Crippen molar-refractivity contribution in [3.8, 4) is 0 Å². The molecular weight excluding hydrogens is 558 g/mol. The van der Waals surface area contributed by atoms with Crippen molar-refractivity contribution in [2.75, 3.05) is 37.7 Å². The third-order valence-corrected chi connectivity index (χ3v) is 8.35. The minimum atomic E-state index is -0.359. The first-order valence-electron chi connectivity index (χ1n) is 12.5. The number of thiocarbonyl (C=S) groups is 1. The molecule has 2 aliphatic rings. The van der Waals surface area contributed by atoms with E-state index in [4.69, 9.17) is 33.5 Å². The average Bonchev–Trinajstić information content (AvgIpc) is 3.19. The maximum atomic E-state index is 13.8. The van der Waals surface area contributed by atoms with Crippen molar-refractivity contribution in [3.05, 3.63) is 79.6 Å². The molecule has 1 aromatic carbocycles. The van der Waals surface area contributed by atoms with Crippen LogP contribution in [0.4, 0.5) is 10.6 Å². The van der Waals surface area contributed by atoms with E-state index < -0.39 is 0 Å². The zero-order valence-electron chi connectivity index (χ0n) is 21.4. The number of hydrogen-bond donors (Lipinski definition) is 0. The lowest BCUT2D eigenvalue weighted by molar-refractivity contribution is -0.122. The first-order valence-corrected chi connectivity index (χ1v) is 14.1. The van der Waals surface area contributed by atoms with Crippen LogP contribution >= 0.6 is 35.6 Å². The molecule has 9 nitrogen and oxygen atoms in total. The molecule has 0 unspecified atom stereocenters. The number of carbonyl (C=O) groups excluding carboxylic acids is 2. The van der Waals surface area contributed by atoms with Gasteiger partial charge in [0.2, 0.25) is 0 Å². The topological polar surface area (TPSA) is 87.5 Å². The number of amides is 2. The molecule has 2 aliphatic heterocycles. The second-order valence-electron chi connectivity index (χ2n) is 9.07. The van der Waals surface area contributed by atoms with Crippen LogP contribution < -0.4 is 10.5 Å². The predicted molar refractivity (Wildman–Crippen MR) is 157 cm³/mol. The summed E-state index contributed by atoms with van der Waals surface area (Å²) in [7, 11) is 0. The Morgan fingerprint density at radius 1 is 1.15 bits per heavy atom. The Bertz CT molecular complexity index is 1570. The highest BCUT2D eigenvalue weighted by Crippen LogP contribution is 2.35. The minimum Gasteiger partial charge on any atom is -0.450 e. The zero-order valence-corrected chi connectivity index (χ0v) is 23.8. The second-order valence-corrected chi connectivity index (χ2v) is 11.2. The fourth-order valence-electron chi connectivity index (χ4n) is 4.55. The lowest BCUT2D eigenvalue weighted by Crippen LogP contribution is -2.49. The largest absolute Gasteiger partial charge is 0.450 e. The lowest BCUT2D eigenvalue weighted by atomic mass is 10.2. The van der Waals surface area contributed by atoms with Gasteiger partial charge in [-0.2, -0.15) is 0 Å². The van der Waals surface area contributed by atoms with Crippen molar-refractivity contribution in [2.45, 2.75) is 20.4 Å². The van der Waals surface area contributed by atoms with Gasteiger partial charge in [0.15, 0.2) is 0 Å². The van der Waals surface area contributed by atoms with Crippen LogP contribution in [0.25, 0.3) is 11.7 Å². The van der Waals surface area contributed by atoms with Crippen LogP contribution in [0.1, 0.15) is 23.6 Å². The van der Waals surface area contributed by atoms with Crippen molar-refractivity contribution in [3.63, 3.8) is 0 Å². The molecule has 12 heteroatoms. The monoisotopic (exact) mass is 583 g/mol. The number of fused-ring (bicyclic) bond motifs is 1. The number of pyridine rings is 1. The number of nitrogens with zero attached hydrogens (tertiary/aromatic N) is 5. The summed E-state index contributed by atoms with van der Waals surface area (Å²) < 4.78 is 7.01. The summed E-state index contributed by atoms with van der Waals surface area (Å²) in [6.07, 6.45) is 2.89. The van der Waals surface area contributed by atoms with E-state index in [1.807, 2.05) is 36.1 Å². The van der Waals surface area contributed by atoms with E-state index in [9.17, 15) is 14.4 Å². The molecule has 0 N–H and O–H groups in total. The molecule has 0 atom stereocenters. The fourth-order valence-corrected chi connectivity index (χ4v) is 5.98. The van der Waals surface area contributed by atoms with Crippen molar-refractivity contribution in [2.24, 2.45) is 0 Å². The smallest absolute Gasteiger partial charge is 0.409 e. The summed E-state index contributed by atoms with van der Waals surface area (Å²) in [6.45, 7) is 5.97. The van der Waals surface area contributed by atoms with E-state index in [1.54, 1.807) is 36.2 Å². The molecule has 5 rings (SSSR count). The molecule has 0 saturated carbocycles. The first-order chi connectivity index (χ1) is 18.8. The molecule has 2 amide bonds. The van der Waals surface area contributed by atoms with Gasteiger partial charge < -0.3 is 14.5 Å². The van der Waals surface area contributed by atoms with Gasteiger partial charge in [-0.3, -0.25) is 18.9 Å². The summed E-state index contributed by atoms with van der Waals surface area (Å²) in [6, 6.07) is 11.0. The van der Waals surface area contributed by atoms with E-state index in [-0.39, 0.29) is 24.1 Å². The lowest BCUT2D eigenvalue weighted by Gasteiger charge is -2.35. The highest BCUT2D eigenvalue weighted by Gasteiger charge is 2.34. The number of anilines is 1. The Balaban J connectivity index is 1.52. The normalized spacial score (nSPS) is 17.0. The van der Waals surface area contributed by atoms with Gasteiger partial charge in [0.05, 0.1) is 23.6 Å². The van der Waals surface area contributed by atoms with E-state index in [2.05, 4.69) is 0 Å². The summed E-state index contributed by atoms with van der Waals surface area (Å²) >= 11 is 13.0. The molecule has 202 valence electrons. The molecule has 4 heterocycles. The van der Waals surface area contributed by atoms with Gasteiger partial charge in [-0.15, -0.1) is 0 Å². The zero-order chi connectivity index (χ0) is 27.7. The Kier molecular flexibility index (Phi) is 7.92. The molecule has 0 bridgehead atoms. The highest BCUT2D eigenvalue weighted by atomic mass is 35.5. The van der Waals surface area contributed by atoms with Crippen LogP contribution in [0.5, 0.6) is 0 Å². The Morgan fingerprint density at radius 3 is 2.62 bits per heavy atom. The van der Waals surface area contributed by atoms with Crippen LogP contribution in [0.15, 0.2) is 52.3 Å². The molecule has 2 fully saturated rings. The summed E-state index contributed by atoms with van der Waals surface area (Å²) in [5.74, 6) is 0.172. The summed E-state index contributed by atoms with van der Waals surface area (Å²) in [4.78, 5) is 49.7. The SMILES string of the molecule is CCOC(=O)N1CCN(c2nc3c(C)cccn3c(=O)c2/C=C2\SC(=S)N(Cc3ccccc3Cl)C2=O)CC1. The number of benzene rings is 1. The average molecular weight is 584 g/mol. The van der Waals surface area contributed by atoms with E-state index >= 15 is 0 Å². The molecule has 0 spiro atoms. The molecule has 39 heavy (non-hydrogen) atoms. The van der Waals surface area contributed by atoms with Crippen LogP contribution in [0, 0.1) is 6.92 Å². The predicted octanol–water partition coefficient (Wildman–Crippen LogP) is 4.34. The number of halogens is 1. The van der Waals surface area contributed by atoms with Gasteiger partial charge in [0.1, 0.15) is 15.8 Å². The van der Waals surface area contributed by atoms with E-state index in [0.29, 0.717) is 64.1 Å². The standard InChI is InChI=1S/C27H26ClN5O4S2/c1-3-37-26(36)31-13-11-30(12-14-31)23-19(24(34)32-10-6-7-17(2)22(32)29-23)15-21-25(35)33(27(38)39-21)16-18-8-4-5-9-20(18)28/h4-10,15H,3,11-14,16H2,1-2H3/b21-15-. The number of thioether (sulfide) groups is 1. The Labute approximate surface area is 240 Å². The van der Waals surface area contributed by atoms with Gasteiger partial charge in [0.25, 0.3) is 11.5 Å². The number of rotatable bonds is 5. The fraction of sp³-hybridized carbons (Fsp3) is 0.296. The van der Waals surface area contributed by atoms with Crippen LogP contribution in [-0.4, -0.2) is 68.3 Å². The number of aromatic nitrogens is 2. The first kappa shape index (κ1) is 27.2. The number of piperazine rings is 1. The maximum Gasteiger partial charge on any atom is 0.409 e. The molecule has 2 aromatic heterocycles. The van der Waals surface area contributed by atoms with Crippen molar-refractivity contribution < 1.29 is 14.3 Å². The third kappa shape index (κ3) is 5.39. The number of carbonyl (C=O) groups is 2. The second kappa shape index (κ2) is 11.4. The molecule has 2 saturated heterocycles. The third-order valence-electron chi connectivity index (χ3n) is 6.60. The highest BCUT2D eigenvalue weighted by molar-refractivity contribution is 8.26. The van der Waals surface area contributed by atoms with Gasteiger partial charge in [0, 0.05) is 37.4 Å². The summed E-state index contributed by atoms with van der Waals surface area (Å²) in [5.41, 5.74) is 2.16. The van der Waals surface area contributed by atoms with E-state index in [0.717, 1.165) is 22.9 Å². The number of aryl methyl sites for hydroxylation is 1. The maximum absolute atomic E-state index is 13.8. The quantitative estimate of drug-likeness (QED) is 0.324. The van der Waals surface area contributed by atoms with Crippen molar-refractivity contribution in [1.82, 2.24) is 19.2 Å². The number of ether oxygens (including phenoxy) is 1. The van der Waals surface area contributed by atoms with Crippen LogP contribution in [-0.2, 0) is 16.1 Å². The minimum absolute atomic E-state index is 0.235. The van der Waals surface area contributed by atoms with Gasteiger partial charge in [-0.1, -0.05) is 59.8 Å². The molecule has 3 aromatic rings. The van der Waals surface area contributed by atoms with Gasteiger partial charge >= 0.3 is 6.09 Å². The van der Waals surface area contributed by atoms with Crippen LogP contribution in [0.2, 0.25) is 5.02 Å². The molecule has 0 aliphatic carbocycles. The van der Waals surface area contributed by atoms with Crippen molar-refractivity contribution in [1.29, 1.82) is 0 Å². The van der Waals surface area contributed by atoms with Crippen LogP contribution in [0.3, 0.4) is 0 Å².